The Bertz CT molecular complexity index is 648. The van der Waals surface area contributed by atoms with E-state index in [4.69, 9.17) is 10.5 Å². The maximum Gasteiger partial charge on any atom is 0.416 e. The van der Waals surface area contributed by atoms with Gasteiger partial charge < -0.3 is 5.32 Å². The molecular weight excluding hydrogens is 271 g/mol. The number of alkyl halides is 3. The highest BCUT2D eigenvalue weighted by molar-refractivity contribution is 6.00. The number of carbonyl (C=O) groups excluding carboxylic acids is 1. The lowest BCUT2D eigenvalue weighted by molar-refractivity contribution is -0.137. The lowest BCUT2D eigenvalue weighted by Crippen LogP contribution is -2.23. The van der Waals surface area contributed by atoms with Crippen LogP contribution in [0, 0.1) is 28.1 Å². The molecule has 102 valence electrons. The van der Waals surface area contributed by atoms with E-state index in [1.54, 1.807) is 6.07 Å². The van der Waals surface area contributed by atoms with Crippen LogP contribution in [0.3, 0.4) is 0 Å². The third-order valence-electron chi connectivity index (χ3n) is 3.11. The Balaban J connectivity index is 2.28. The normalized spacial score (nSPS) is 15.8. The van der Waals surface area contributed by atoms with E-state index in [1.807, 2.05) is 6.07 Å². The molecule has 0 aliphatic heterocycles. The first-order chi connectivity index (χ1) is 9.32. The van der Waals surface area contributed by atoms with Crippen LogP contribution in [0.25, 0.3) is 0 Å². The molecule has 1 fully saturated rings. The zero-order valence-electron chi connectivity index (χ0n) is 10.1. The van der Waals surface area contributed by atoms with E-state index in [0.29, 0.717) is 18.9 Å². The van der Waals surface area contributed by atoms with Crippen molar-refractivity contribution >= 4 is 11.6 Å². The Labute approximate surface area is 112 Å². The van der Waals surface area contributed by atoms with Gasteiger partial charge in [-0.05, 0) is 31.0 Å². The topological polar surface area (TPSA) is 76.7 Å². The summed E-state index contributed by atoms with van der Waals surface area (Å²) >= 11 is 0. The van der Waals surface area contributed by atoms with Gasteiger partial charge in [-0.1, -0.05) is 0 Å². The first-order valence-electron chi connectivity index (χ1n) is 5.66. The smallest absolute Gasteiger partial charge is 0.324 e. The molecule has 0 aromatic heterocycles. The summed E-state index contributed by atoms with van der Waals surface area (Å²) < 4.78 is 37.5. The molecule has 7 heteroatoms. The number of halogens is 3. The summed E-state index contributed by atoms with van der Waals surface area (Å²) in [5.74, 6) is -0.587. The molecule has 2 rings (SSSR count). The van der Waals surface area contributed by atoms with Gasteiger partial charge in [0.15, 0.2) is 0 Å². The SMILES string of the molecule is N#Cc1cc(C(F)(F)F)ccc1NC(=O)C1(C#N)CC1. The van der Waals surface area contributed by atoms with E-state index in [9.17, 15) is 18.0 Å². The van der Waals surface area contributed by atoms with Gasteiger partial charge in [-0.15, -0.1) is 0 Å². The second kappa shape index (κ2) is 4.53. The van der Waals surface area contributed by atoms with Gasteiger partial charge in [0.2, 0.25) is 5.91 Å². The molecule has 1 aromatic rings. The molecule has 0 unspecified atom stereocenters. The van der Waals surface area contributed by atoms with Crippen LogP contribution in [0.1, 0.15) is 24.0 Å². The number of nitriles is 2. The minimum Gasteiger partial charge on any atom is -0.324 e. The molecule has 20 heavy (non-hydrogen) atoms. The van der Waals surface area contributed by atoms with Crippen LogP contribution in [0.2, 0.25) is 0 Å². The number of carbonyl (C=O) groups is 1. The Morgan fingerprint density at radius 3 is 2.40 bits per heavy atom. The molecule has 0 heterocycles. The van der Waals surface area contributed by atoms with Crippen LogP contribution in [-0.2, 0) is 11.0 Å². The van der Waals surface area contributed by atoms with E-state index in [1.165, 1.54) is 0 Å². The molecule has 1 aliphatic carbocycles. The first-order valence-corrected chi connectivity index (χ1v) is 5.66. The second-order valence-corrected chi connectivity index (χ2v) is 4.52. The van der Waals surface area contributed by atoms with Crippen LogP contribution in [0.15, 0.2) is 18.2 Å². The van der Waals surface area contributed by atoms with Crippen molar-refractivity contribution in [2.24, 2.45) is 5.41 Å². The van der Waals surface area contributed by atoms with Crippen molar-refractivity contribution in [2.75, 3.05) is 5.32 Å². The molecule has 0 bridgehead atoms. The number of nitrogens with zero attached hydrogens (tertiary/aromatic N) is 2. The molecule has 1 saturated carbocycles. The molecule has 0 atom stereocenters. The lowest BCUT2D eigenvalue weighted by Gasteiger charge is -2.12. The lowest BCUT2D eigenvalue weighted by atomic mass is 10.1. The minimum absolute atomic E-state index is 0.0213. The number of benzene rings is 1. The molecule has 1 N–H and O–H groups in total. The minimum atomic E-state index is -4.56. The van der Waals surface area contributed by atoms with E-state index >= 15 is 0 Å². The number of hydrogen-bond donors (Lipinski definition) is 1. The molecule has 1 amide bonds. The van der Waals surface area contributed by atoms with Gasteiger partial charge in [0, 0.05) is 0 Å². The molecule has 0 saturated heterocycles. The predicted molar refractivity (Wildman–Crippen MR) is 62.1 cm³/mol. The van der Waals surface area contributed by atoms with Crippen LogP contribution >= 0.6 is 0 Å². The number of rotatable bonds is 2. The number of nitrogens with one attached hydrogen (secondary N) is 1. The standard InChI is InChI=1S/C13H8F3N3O/c14-13(15,16)9-1-2-10(8(5-9)6-17)19-11(20)12(7-18)3-4-12/h1-2,5H,3-4H2,(H,19,20). The number of anilines is 1. The van der Waals surface area contributed by atoms with Gasteiger partial charge in [-0.3, -0.25) is 4.79 Å². The summed E-state index contributed by atoms with van der Waals surface area (Å²) in [7, 11) is 0. The van der Waals surface area contributed by atoms with Crippen molar-refractivity contribution in [3.8, 4) is 12.1 Å². The molecule has 0 spiro atoms. The molecule has 1 aliphatic rings. The maximum atomic E-state index is 12.5. The fourth-order valence-corrected chi connectivity index (χ4v) is 1.68. The average molecular weight is 279 g/mol. The quantitative estimate of drug-likeness (QED) is 0.904. The maximum absolute atomic E-state index is 12.5. The summed E-state index contributed by atoms with van der Waals surface area (Å²) in [4.78, 5) is 11.8. The Morgan fingerprint density at radius 1 is 1.30 bits per heavy atom. The van der Waals surface area contributed by atoms with Crippen LogP contribution in [-0.4, -0.2) is 5.91 Å². The summed E-state index contributed by atoms with van der Waals surface area (Å²) in [6.07, 6.45) is -3.73. The third kappa shape index (κ3) is 2.43. The van der Waals surface area contributed by atoms with Gasteiger partial charge in [-0.25, -0.2) is 0 Å². The van der Waals surface area contributed by atoms with Crippen molar-refractivity contribution in [2.45, 2.75) is 19.0 Å². The summed E-state index contributed by atoms with van der Waals surface area (Å²) in [6, 6.07) is 5.95. The largest absolute Gasteiger partial charge is 0.416 e. The van der Waals surface area contributed by atoms with Crippen molar-refractivity contribution in [3.05, 3.63) is 29.3 Å². The fourth-order valence-electron chi connectivity index (χ4n) is 1.68. The average Bonchev–Trinajstić information content (AvgIpc) is 3.18. The molecular formula is C13H8F3N3O. The van der Waals surface area contributed by atoms with Crippen molar-refractivity contribution in [3.63, 3.8) is 0 Å². The third-order valence-corrected chi connectivity index (χ3v) is 3.11. The van der Waals surface area contributed by atoms with Gasteiger partial charge in [-0.2, -0.15) is 23.7 Å². The van der Waals surface area contributed by atoms with E-state index in [2.05, 4.69) is 5.32 Å². The van der Waals surface area contributed by atoms with Crippen LogP contribution in [0.5, 0.6) is 0 Å². The summed E-state index contributed by atoms with van der Waals surface area (Å²) in [5.41, 5.74) is -2.38. The summed E-state index contributed by atoms with van der Waals surface area (Å²) in [6.45, 7) is 0. The van der Waals surface area contributed by atoms with Crippen molar-refractivity contribution in [1.29, 1.82) is 10.5 Å². The van der Waals surface area contributed by atoms with Gasteiger partial charge >= 0.3 is 6.18 Å². The highest BCUT2D eigenvalue weighted by atomic mass is 19.4. The predicted octanol–water partition coefficient (Wildman–Crippen LogP) is 2.82. The Kier molecular flexibility index (Phi) is 3.15. The Hall–Kier alpha value is -2.54. The van der Waals surface area contributed by atoms with Crippen LogP contribution < -0.4 is 5.32 Å². The zero-order chi connectivity index (χ0) is 15.0. The fraction of sp³-hybridized carbons (Fsp3) is 0.308. The van der Waals surface area contributed by atoms with Gasteiger partial charge in [0.25, 0.3) is 0 Å². The van der Waals surface area contributed by atoms with Crippen molar-refractivity contribution in [1.82, 2.24) is 0 Å². The zero-order valence-corrected chi connectivity index (χ0v) is 10.1. The second-order valence-electron chi connectivity index (χ2n) is 4.52. The first kappa shape index (κ1) is 13.9. The molecule has 0 radical (unpaired) electrons. The highest BCUT2D eigenvalue weighted by Gasteiger charge is 2.50. The van der Waals surface area contributed by atoms with Crippen LogP contribution in [0.4, 0.5) is 18.9 Å². The molecule has 1 aromatic carbocycles. The van der Waals surface area contributed by atoms with Gasteiger partial charge in [0.1, 0.15) is 11.5 Å². The van der Waals surface area contributed by atoms with E-state index in [-0.39, 0.29) is 11.3 Å². The molecule has 4 nitrogen and oxygen atoms in total. The van der Waals surface area contributed by atoms with E-state index < -0.39 is 23.1 Å². The number of amides is 1. The summed E-state index contributed by atoms with van der Waals surface area (Å²) in [5, 5.41) is 20.1. The Morgan fingerprint density at radius 2 is 1.95 bits per heavy atom. The number of hydrogen-bond acceptors (Lipinski definition) is 3. The van der Waals surface area contributed by atoms with Crippen molar-refractivity contribution < 1.29 is 18.0 Å². The highest BCUT2D eigenvalue weighted by Crippen LogP contribution is 2.46. The monoisotopic (exact) mass is 279 g/mol. The van der Waals surface area contributed by atoms with Gasteiger partial charge in [0.05, 0.1) is 22.9 Å². The van der Waals surface area contributed by atoms with E-state index in [0.717, 1.165) is 12.1 Å².